The number of carbonyl (C=O) groups excluding carboxylic acids is 1. The van der Waals surface area contributed by atoms with Crippen molar-refractivity contribution in [2.24, 2.45) is 11.8 Å². The predicted octanol–water partition coefficient (Wildman–Crippen LogP) is 4.40. The molecule has 1 unspecified atom stereocenters. The number of piperidine rings is 3. The quantitative estimate of drug-likeness (QED) is 0.426. The molecule has 4 heteroatoms. The van der Waals surface area contributed by atoms with E-state index in [-0.39, 0.29) is 0 Å². The Balaban J connectivity index is 1.46. The molecular weight excluding hydrogens is 346 g/mol. The third kappa shape index (κ3) is 3.62. The highest BCUT2D eigenvalue weighted by atomic mass is 32.1. The smallest absolute Gasteiger partial charge is 0.226 e. The average Bonchev–Trinajstić information content (AvgIpc) is 3.18. The highest BCUT2D eigenvalue weighted by Crippen LogP contribution is 2.39. The summed E-state index contributed by atoms with van der Waals surface area (Å²) in [6.45, 7) is 4.00. The van der Waals surface area contributed by atoms with Crippen molar-refractivity contribution in [3.05, 3.63) is 58.3 Å². The van der Waals surface area contributed by atoms with Crippen LogP contribution in [0.4, 0.5) is 0 Å². The lowest BCUT2D eigenvalue weighted by Gasteiger charge is -2.52. The van der Waals surface area contributed by atoms with Crippen LogP contribution in [0.3, 0.4) is 0 Å². The van der Waals surface area contributed by atoms with Crippen LogP contribution in [0.1, 0.15) is 28.1 Å². The molecule has 1 aromatic heterocycles. The summed E-state index contributed by atoms with van der Waals surface area (Å²) in [4.78, 5) is 14.8. The standard InChI is InChI=1S/C21H24NOS2/c23-19(21-7-4-12-25-21)15-22-10-8-17(9-11-22)18(14-22)20(24)13-16-5-2-1-3-6-16/h1-7,12,17-18H,8-11,13-15H2/q+1. The maximum atomic E-state index is 12.7. The van der Waals surface area contributed by atoms with E-state index in [9.17, 15) is 4.79 Å². The molecule has 0 N–H and O–H groups in total. The lowest BCUT2D eigenvalue weighted by Crippen LogP contribution is -2.64. The van der Waals surface area contributed by atoms with Gasteiger partial charge in [-0.25, -0.2) is 0 Å². The summed E-state index contributed by atoms with van der Waals surface area (Å²) in [5.74, 6) is 1.53. The number of hydrogen-bond acceptors (Lipinski definition) is 3. The largest absolute Gasteiger partial charge is 0.317 e. The van der Waals surface area contributed by atoms with Gasteiger partial charge < -0.3 is 4.48 Å². The molecule has 2 nitrogen and oxygen atoms in total. The normalized spacial score (nSPS) is 28.0. The van der Waals surface area contributed by atoms with Crippen molar-refractivity contribution in [3.63, 3.8) is 0 Å². The summed E-state index contributed by atoms with van der Waals surface area (Å²) in [7, 11) is 0. The molecule has 0 saturated carbocycles. The second-order valence-corrected chi connectivity index (χ2v) is 9.07. The van der Waals surface area contributed by atoms with E-state index in [4.69, 9.17) is 12.2 Å². The number of carbonyl (C=O) groups is 1. The molecule has 4 heterocycles. The number of quaternary nitrogens is 1. The van der Waals surface area contributed by atoms with Crippen LogP contribution in [0.25, 0.3) is 0 Å². The molecule has 0 radical (unpaired) electrons. The van der Waals surface area contributed by atoms with Gasteiger partial charge in [0.1, 0.15) is 6.54 Å². The lowest BCUT2D eigenvalue weighted by atomic mass is 9.74. The Bertz CT molecular complexity index is 745. The number of hydrogen-bond donors (Lipinski definition) is 0. The average molecular weight is 371 g/mol. The molecule has 3 aliphatic rings. The molecule has 0 spiro atoms. The Hall–Kier alpha value is -1.36. The second-order valence-electron chi connectivity index (χ2n) is 7.60. The highest BCUT2D eigenvalue weighted by molar-refractivity contribution is 7.80. The van der Waals surface area contributed by atoms with Crippen molar-refractivity contribution in [1.29, 1.82) is 0 Å². The molecule has 5 rings (SSSR count). The zero-order valence-electron chi connectivity index (χ0n) is 14.4. The molecule has 3 fully saturated rings. The maximum absolute atomic E-state index is 12.7. The first-order chi connectivity index (χ1) is 12.2. The molecule has 2 aromatic rings. The van der Waals surface area contributed by atoms with Gasteiger partial charge >= 0.3 is 0 Å². The lowest BCUT2D eigenvalue weighted by molar-refractivity contribution is -0.937. The van der Waals surface area contributed by atoms with Gasteiger partial charge in [0.05, 0.1) is 24.5 Å². The van der Waals surface area contributed by atoms with Gasteiger partial charge in [-0.2, -0.15) is 0 Å². The molecule has 3 aliphatic heterocycles. The number of thiocarbonyl (C=S) groups is 1. The van der Waals surface area contributed by atoms with Crippen molar-refractivity contribution in [3.8, 4) is 0 Å². The van der Waals surface area contributed by atoms with Crippen molar-refractivity contribution in [2.45, 2.75) is 19.3 Å². The van der Waals surface area contributed by atoms with E-state index in [1.54, 1.807) is 11.3 Å². The third-order valence-corrected chi connectivity index (χ3v) is 7.37. The van der Waals surface area contributed by atoms with Gasteiger partial charge in [-0.15, -0.1) is 11.3 Å². The summed E-state index contributed by atoms with van der Waals surface area (Å²) < 4.78 is 0.951. The van der Waals surface area contributed by atoms with Crippen LogP contribution >= 0.6 is 23.6 Å². The van der Waals surface area contributed by atoms with Crippen LogP contribution < -0.4 is 0 Å². The highest BCUT2D eigenvalue weighted by Gasteiger charge is 2.47. The number of fused-ring (bicyclic) bond motifs is 3. The maximum Gasteiger partial charge on any atom is 0.226 e. The number of ketones is 1. The molecule has 3 saturated heterocycles. The summed E-state index contributed by atoms with van der Waals surface area (Å²) in [5, 5.41) is 1.99. The molecule has 2 bridgehead atoms. The Labute approximate surface area is 159 Å². The van der Waals surface area contributed by atoms with E-state index < -0.39 is 0 Å². The number of Topliss-reactive ketones (excluding diaryl/α,β-unsaturated/α-hetero) is 1. The van der Waals surface area contributed by atoms with Gasteiger partial charge in [-0.3, -0.25) is 4.79 Å². The molecule has 130 valence electrons. The zero-order chi connectivity index (χ0) is 17.3. The number of rotatable bonds is 6. The van der Waals surface area contributed by atoms with Crippen LogP contribution in [0, 0.1) is 11.8 Å². The first-order valence-corrected chi connectivity index (χ1v) is 10.4. The predicted molar refractivity (Wildman–Crippen MR) is 107 cm³/mol. The van der Waals surface area contributed by atoms with Gasteiger partial charge in [0.2, 0.25) is 5.78 Å². The van der Waals surface area contributed by atoms with Gasteiger partial charge in [0, 0.05) is 30.0 Å². The minimum absolute atomic E-state index is 0.308. The van der Waals surface area contributed by atoms with Crippen LogP contribution in [-0.4, -0.2) is 41.3 Å². The fraction of sp³-hybridized carbons (Fsp3) is 0.429. The van der Waals surface area contributed by atoms with Crippen LogP contribution in [0.5, 0.6) is 0 Å². The van der Waals surface area contributed by atoms with E-state index >= 15 is 0 Å². The molecule has 1 aromatic carbocycles. The van der Waals surface area contributed by atoms with Gasteiger partial charge in [-0.1, -0.05) is 48.6 Å². The summed E-state index contributed by atoms with van der Waals surface area (Å²) in [6, 6.07) is 14.5. The van der Waals surface area contributed by atoms with Crippen molar-refractivity contribution >= 4 is 34.2 Å². The summed E-state index contributed by atoms with van der Waals surface area (Å²) in [5.41, 5.74) is 1.31. The van der Waals surface area contributed by atoms with E-state index in [1.165, 1.54) is 23.3 Å². The molecule has 25 heavy (non-hydrogen) atoms. The second kappa shape index (κ2) is 7.10. The van der Waals surface area contributed by atoms with Gasteiger partial charge in [0.15, 0.2) is 0 Å². The Morgan fingerprint density at radius 3 is 2.56 bits per heavy atom. The zero-order valence-corrected chi connectivity index (χ0v) is 16.0. The fourth-order valence-electron chi connectivity index (χ4n) is 4.62. The minimum Gasteiger partial charge on any atom is -0.317 e. The third-order valence-electron chi connectivity index (χ3n) is 6.01. The van der Waals surface area contributed by atoms with Crippen molar-refractivity contribution in [2.75, 3.05) is 26.2 Å². The van der Waals surface area contributed by atoms with Crippen molar-refractivity contribution in [1.82, 2.24) is 0 Å². The van der Waals surface area contributed by atoms with Gasteiger partial charge in [0.25, 0.3) is 0 Å². The SMILES string of the molecule is O=C(C[N+]12CCC(CC1)C(C(=S)Cc1ccccc1)C2)c1cccs1. The number of benzene rings is 1. The van der Waals surface area contributed by atoms with Crippen molar-refractivity contribution < 1.29 is 9.28 Å². The van der Waals surface area contributed by atoms with E-state index in [0.717, 1.165) is 41.3 Å². The van der Waals surface area contributed by atoms with Crippen LogP contribution in [0.15, 0.2) is 47.8 Å². The van der Waals surface area contributed by atoms with E-state index in [2.05, 4.69) is 30.3 Å². The fourth-order valence-corrected chi connectivity index (χ4v) is 5.71. The molecular formula is C21H24NOS2+. The monoisotopic (exact) mass is 370 g/mol. The number of thiophene rings is 1. The Morgan fingerprint density at radius 1 is 1.12 bits per heavy atom. The Morgan fingerprint density at radius 2 is 1.88 bits per heavy atom. The van der Waals surface area contributed by atoms with Gasteiger partial charge in [-0.05, 0) is 22.9 Å². The first-order valence-electron chi connectivity index (χ1n) is 9.14. The van der Waals surface area contributed by atoms with Crippen LogP contribution in [0.2, 0.25) is 0 Å². The minimum atomic E-state index is 0.308. The first kappa shape index (κ1) is 17.1. The molecule has 0 amide bonds. The number of nitrogens with zero attached hydrogens (tertiary/aromatic N) is 1. The summed E-state index contributed by atoms with van der Waals surface area (Å²) in [6.07, 6.45) is 3.34. The molecule has 0 aliphatic carbocycles. The summed E-state index contributed by atoms with van der Waals surface area (Å²) >= 11 is 7.44. The Kier molecular flexibility index (Phi) is 4.85. The topological polar surface area (TPSA) is 17.1 Å². The van der Waals surface area contributed by atoms with E-state index in [0.29, 0.717) is 18.2 Å². The molecule has 1 atom stereocenters. The van der Waals surface area contributed by atoms with Crippen LogP contribution in [-0.2, 0) is 6.42 Å². The van der Waals surface area contributed by atoms with E-state index in [1.807, 2.05) is 17.5 Å².